The number of esters is 2. The maximum atomic E-state index is 12.8. The Kier molecular flexibility index (Phi) is 52.9. The molecule has 372 valence electrons. The molecule has 0 aromatic carbocycles. The van der Waals surface area contributed by atoms with Crippen LogP contribution in [0.2, 0.25) is 0 Å². The van der Waals surface area contributed by atoms with Crippen molar-refractivity contribution in [3.8, 4) is 0 Å². The molecule has 0 spiro atoms. The lowest BCUT2D eigenvalue weighted by atomic mass is 10.0. The highest BCUT2D eigenvalue weighted by atomic mass is 16.6. The zero-order chi connectivity index (χ0) is 46.3. The Bertz CT molecular complexity index is 1100. The molecule has 5 nitrogen and oxygen atoms in total. The van der Waals surface area contributed by atoms with Gasteiger partial charge in [-0.2, -0.15) is 0 Å². The summed E-state index contributed by atoms with van der Waals surface area (Å²) in [5.41, 5.74) is 0. The molecule has 0 N–H and O–H groups in total. The summed E-state index contributed by atoms with van der Waals surface area (Å²) in [5, 5.41) is 0. The van der Waals surface area contributed by atoms with E-state index < -0.39 is 6.10 Å². The van der Waals surface area contributed by atoms with Gasteiger partial charge in [-0.25, -0.2) is 0 Å². The number of ether oxygens (including phenoxy) is 3. The van der Waals surface area contributed by atoms with E-state index in [-0.39, 0.29) is 25.2 Å². The number of hydrogen-bond donors (Lipinski definition) is 0. The SMILES string of the molecule is CC/C=C\C/C=C\C/C=C\CCCCCC(=O)OC(COCCCCCCCCCC/C=C\C/C=C\CCCCC)COC(=O)CCCCCCCCCCCCCCCCCCC. The topological polar surface area (TPSA) is 61.8 Å². The molecule has 0 amide bonds. The number of carbonyl (C=O) groups is 2. The largest absolute Gasteiger partial charge is 0.462 e. The molecule has 0 radical (unpaired) electrons. The molecule has 0 saturated carbocycles. The van der Waals surface area contributed by atoms with Crippen molar-refractivity contribution >= 4 is 11.9 Å². The van der Waals surface area contributed by atoms with Crippen molar-refractivity contribution in [3.05, 3.63) is 60.8 Å². The lowest BCUT2D eigenvalue weighted by Gasteiger charge is -2.18. The normalized spacial score (nSPS) is 12.6. The first kappa shape index (κ1) is 61.6. The van der Waals surface area contributed by atoms with Crippen LogP contribution in [0.25, 0.3) is 0 Å². The second-order valence-electron chi connectivity index (χ2n) is 18.5. The van der Waals surface area contributed by atoms with Gasteiger partial charge in [-0.15, -0.1) is 0 Å². The summed E-state index contributed by atoms with van der Waals surface area (Å²) in [4.78, 5) is 25.4. The Hall–Kier alpha value is -2.40. The minimum absolute atomic E-state index is 0.0730. The second-order valence-corrected chi connectivity index (χ2v) is 18.5. The van der Waals surface area contributed by atoms with Gasteiger partial charge in [-0.3, -0.25) is 9.59 Å². The molecule has 0 aliphatic heterocycles. The highest BCUT2D eigenvalue weighted by Gasteiger charge is 2.17. The summed E-state index contributed by atoms with van der Waals surface area (Å²) in [6.07, 6.45) is 69.5. The van der Waals surface area contributed by atoms with Gasteiger partial charge in [0.1, 0.15) is 6.61 Å². The average Bonchev–Trinajstić information content (AvgIpc) is 3.30. The molecule has 0 aliphatic rings. The van der Waals surface area contributed by atoms with Crippen molar-refractivity contribution in [1.82, 2.24) is 0 Å². The maximum Gasteiger partial charge on any atom is 0.306 e. The molecule has 0 aromatic rings. The van der Waals surface area contributed by atoms with Crippen LogP contribution in [-0.2, 0) is 23.8 Å². The lowest BCUT2D eigenvalue weighted by Crippen LogP contribution is -2.30. The van der Waals surface area contributed by atoms with E-state index in [0.29, 0.717) is 19.4 Å². The number of rotatable bonds is 51. The van der Waals surface area contributed by atoms with Crippen LogP contribution in [0, 0.1) is 0 Å². The van der Waals surface area contributed by atoms with Crippen molar-refractivity contribution in [1.29, 1.82) is 0 Å². The third kappa shape index (κ3) is 52.2. The average molecular weight is 895 g/mol. The summed E-state index contributed by atoms with van der Waals surface area (Å²) in [6.45, 7) is 7.68. The van der Waals surface area contributed by atoms with E-state index in [1.165, 1.54) is 167 Å². The fourth-order valence-electron chi connectivity index (χ4n) is 7.91. The van der Waals surface area contributed by atoms with Crippen molar-refractivity contribution in [2.45, 2.75) is 284 Å². The predicted molar refractivity (Wildman–Crippen MR) is 279 cm³/mol. The van der Waals surface area contributed by atoms with Crippen LogP contribution in [-0.4, -0.2) is 37.9 Å². The Morgan fingerprint density at radius 3 is 1.17 bits per heavy atom. The fraction of sp³-hybridized carbons (Fsp3) is 0.797. The van der Waals surface area contributed by atoms with Gasteiger partial charge >= 0.3 is 11.9 Å². The molecule has 1 atom stereocenters. The van der Waals surface area contributed by atoms with Crippen molar-refractivity contribution in [2.24, 2.45) is 0 Å². The quantitative estimate of drug-likeness (QED) is 0.0346. The first-order valence-corrected chi connectivity index (χ1v) is 27.8. The third-order valence-electron chi connectivity index (χ3n) is 12.0. The summed E-state index contributed by atoms with van der Waals surface area (Å²) in [5.74, 6) is -0.423. The summed E-state index contributed by atoms with van der Waals surface area (Å²) in [7, 11) is 0. The van der Waals surface area contributed by atoms with Gasteiger partial charge in [0.05, 0.1) is 6.61 Å². The number of unbranched alkanes of at least 4 members (excludes halogenated alkanes) is 30. The number of carbonyl (C=O) groups excluding carboxylic acids is 2. The highest BCUT2D eigenvalue weighted by molar-refractivity contribution is 5.70. The molecule has 1 unspecified atom stereocenters. The van der Waals surface area contributed by atoms with Crippen LogP contribution in [0.15, 0.2) is 60.8 Å². The fourth-order valence-corrected chi connectivity index (χ4v) is 7.91. The molecule has 0 heterocycles. The van der Waals surface area contributed by atoms with E-state index in [4.69, 9.17) is 14.2 Å². The van der Waals surface area contributed by atoms with Gasteiger partial charge in [0.2, 0.25) is 0 Å². The molecular formula is C59H106O5. The van der Waals surface area contributed by atoms with Gasteiger partial charge in [-0.1, -0.05) is 242 Å². The van der Waals surface area contributed by atoms with Gasteiger partial charge in [0.15, 0.2) is 6.10 Å². The van der Waals surface area contributed by atoms with Gasteiger partial charge in [-0.05, 0) is 83.5 Å². The summed E-state index contributed by atoms with van der Waals surface area (Å²) in [6, 6.07) is 0. The van der Waals surface area contributed by atoms with E-state index >= 15 is 0 Å². The minimum Gasteiger partial charge on any atom is -0.462 e. The van der Waals surface area contributed by atoms with Crippen molar-refractivity contribution in [3.63, 3.8) is 0 Å². The van der Waals surface area contributed by atoms with Gasteiger partial charge in [0.25, 0.3) is 0 Å². The molecule has 5 heteroatoms. The molecule has 0 rings (SSSR count). The maximum absolute atomic E-state index is 12.8. The van der Waals surface area contributed by atoms with E-state index in [1.54, 1.807) is 0 Å². The standard InChI is InChI=1S/C59H106O5/c1-4-7-10-13-16-19-22-25-27-29-31-33-36-39-42-45-48-51-54-62-55-57(64-59(61)53-50-47-44-41-38-34-24-21-18-15-12-9-6-3)56-63-58(60)52-49-46-43-40-37-35-32-30-28-26-23-20-17-14-11-8-5-2/h9,12,16,18-19,21,25,27,34,38,57H,4-8,10-11,13-15,17,20,22-24,26,28-33,35-37,39-56H2,1-3H3/b12-9-,19-16-,21-18-,27-25-,38-34-. The monoisotopic (exact) mass is 895 g/mol. The van der Waals surface area contributed by atoms with Gasteiger partial charge < -0.3 is 14.2 Å². The minimum atomic E-state index is -0.553. The zero-order valence-corrected chi connectivity index (χ0v) is 42.8. The molecule has 0 bridgehead atoms. The van der Waals surface area contributed by atoms with Gasteiger partial charge in [0, 0.05) is 19.4 Å². The van der Waals surface area contributed by atoms with Crippen LogP contribution in [0.5, 0.6) is 0 Å². The second kappa shape index (κ2) is 54.9. The predicted octanol–water partition coefficient (Wildman–Crippen LogP) is 18.9. The summed E-state index contributed by atoms with van der Waals surface area (Å²) < 4.78 is 17.4. The molecular weight excluding hydrogens is 789 g/mol. The molecule has 0 aromatic heterocycles. The van der Waals surface area contributed by atoms with Crippen molar-refractivity contribution in [2.75, 3.05) is 19.8 Å². The third-order valence-corrected chi connectivity index (χ3v) is 12.0. The Morgan fingerprint density at radius 1 is 0.359 bits per heavy atom. The Balaban J connectivity index is 4.26. The van der Waals surface area contributed by atoms with Crippen LogP contribution in [0.3, 0.4) is 0 Å². The van der Waals surface area contributed by atoms with Crippen LogP contribution in [0.4, 0.5) is 0 Å². The first-order chi connectivity index (χ1) is 31.6. The van der Waals surface area contributed by atoms with E-state index in [1.807, 2.05) is 0 Å². The van der Waals surface area contributed by atoms with Crippen LogP contribution in [0.1, 0.15) is 278 Å². The first-order valence-electron chi connectivity index (χ1n) is 27.8. The molecule has 0 aliphatic carbocycles. The lowest BCUT2D eigenvalue weighted by molar-refractivity contribution is -0.163. The summed E-state index contributed by atoms with van der Waals surface area (Å²) >= 11 is 0. The zero-order valence-electron chi connectivity index (χ0n) is 42.8. The number of hydrogen-bond acceptors (Lipinski definition) is 5. The van der Waals surface area contributed by atoms with Crippen LogP contribution >= 0.6 is 0 Å². The molecule has 0 fully saturated rings. The smallest absolute Gasteiger partial charge is 0.306 e. The van der Waals surface area contributed by atoms with Crippen LogP contribution < -0.4 is 0 Å². The highest BCUT2D eigenvalue weighted by Crippen LogP contribution is 2.16. The Morgan fingerprint density at radius 2 is 0.703 bits per heavy atom. The molecule has 64 heavy (non-hydrogen) atoms. The van der Waals surface area contributed by atoms with Crippen molar-refractivity contribution < 1.29 is 23.8 Å². The van der Waals surface area contributed by atoms with E-state index in [2.05, 4.69) is 81.5 Å². The van der Waals surface area contributed by atoms with E-state index in [0.717, 1.165) is 77.0 Å². The Labute approximate surface area is 398 Å². The molecule has 0 saturated heterocycles. The van der Waals surface area contributed by atoms with E-state index in [9.17, 15) is 9.59 Å². The number of allylic oxidation sites excluding steroid dienone is 10.